The van der Waals surface area contributed by atoms with Gasteiger partial charge in [-0.2, -0.15) is 11.8 Å². The zero-order valence-corrected chi connectivity index (χ0v) is 13.2. The third-order valence-electron chi connectivity index (χ3n) is 3.21. The molecule has 1 N–H and O–H groups in total. The molecular formula is C16H21NS2. The van der Waals surface area contributed by atoms with Gasteiger partial charge in [-0.25, -0.2) is 0 Å². The summed E-state index contributed by atoms with van der Waals surface area (Å²) in [7, 11) is 0. The van der Waals surface area contributed by atoms with Gasteiger partial charge in [0.05, 0.1) is 0 Å². The Hall–Kier alpha value is -0.770. The second-order valence-electron chi connectivity index (χ2n) is 4.63. The van der Waals surface area contributed by atoms with Crippen molar-refractivity contribution in [2.75, 3.05) is 18.1 Å². The summed E-state index contributed by atoms with van der Waals surface area (Å²) in [4.78, 5) is 1.47. The van der Waals surface area contributed by atoms with Crippen molar-refractivity contribution in [2.24, 2.45) is 0 Å². The first-order valence-electron chi connectivity index (χ1n) is 6.64. The lowest BCUT2D eigenvalue weighted by Gasteiger charge is -2.13. The first kappa shape index (κ1) is 14.6. The van der Waals surface area contributed by atoms with E-state index >= 15 is 0 Å². The van der Waals surface area contributed by atoms with Crippen LogP contribution in [0.5, 0.6) is 0 Å². The third kappa shape index (κ3) is 3.62. The van der Waals surface area contributed by atoms with Crippen molar-refractivity contribution in [3.8, 4) is 0 Å². The van der Waals surface area contributed by atoms with Gasteiger partial charge in [-0.15, -0.1) is 17.9 Å². The molecule has 0 amide bonds. The molecule has 0 saturated heterocycles. The molecule has 19 heavy (non-hydrogen) atoms. The molecular weight excluding hydrogens is 270 g/mol. The Morgan fingerprint density at radius 2 is 2.21 bits per heavy atom. The second kappa shape index (κ2) is 7.13. The molecule has 1 heterocycles. The van der Waals surface area contributed by atoms with E-state index in [0.29, 0.717) is 6.04 Å². The van der Waals surface area contributed by atoms with Gasteiger partial charge in [-0.05, 0) is 30.9 Å². The van der Waals surface area contributed by atoms with Crippen molar-refractivity contribution in [3.05, 3.63) is 47.4 Å². The van der Waals surface area contributed by atoms with Crippen LogP contribution < -0.4 is 5.32 Å². The standard InChI is InChI=1S/C16H21NS2/c1-4-10-18-11-9-17-13(3)16-12(2)14-7-5-6-8-15(14)19-16/h4-8,13,17H,1,9-11H2,2-3H3. The number of hydrogen-bond donors (Lipinski definition) is 1. The molecule has 0 aliphatic carbocycles. The maximum Gasteiger partial charge on any atom is 0.0389 e. The molecule has 1 atom stereocenters. The number of rotatable bonds is 7. The molecule has 0 bridgehead atoms. The number of fused-ring (bicyclic) bond motifs is 1. The van der Waals surface area contributed by atoms with Gasteiger partial charge >= 0.3 is 0 Å². The maximum atomic E-state index is 3.74. The first-order chi connectivity index (χ1) is 9.24. The van der Waals surface area contributed by atoms with Gasteiger partial charge in [-0.1, -0.05) is 24.3 Å². The van der Waals surface area contributed by atoms with Gasteiger partial charge in [0.25, 0.3) is 0 Å². The minimum absolute atomic E-state index is 0.432. The van der Waals surface area contributed by atoms with Crippen LogP contribution in [0.1, 0.15) is 23.4 Å². The van der Waals surface area contributed by atoms with Crippen molar-refractivity contribution < 1.29 is 0 Å². The van der Waals surface area contributed by atoms with E-state index in [1.54, 1.807) is 0 Å². The quantitative estimate of drug-likeness (QED) is 0.582. The van der Waals surface area contributed by atoms with Gasteiger partial charge < -0.3 is 5.32 Å². The summed E-state index contributed by atoms with van der Waals surface area (Å²) in [6.07, 6.45) is 1.96. The van der Waals surface area contributed by atoms with Crippen LogP contribution in [0.3, 0.4) is 0 Å². The zero-order valence-electron chi connectivity index (χ0n) is 11.6. The van der Waals surface area contributed by atoms with Gasteiger partial charge in [0.1, 0.15) is 0 Å². The number of nitrogens with one attached hydrogen (secondary N) is 1. The summed E-state index contributed by atoms with van der Waals surface area (Å²) in [6.45, 7) is 9.28. The predicted molar refractivity (Wildman–Crippen MR) is 90.5 cm³/mol. The lowest BCUT2D eigenvalue weighted by Crippen LogP contribution is -2.21. The topological polar surface area (TPSA) is 12.0 Å². The van der Waals surface area contributed by atoms with E-state index in [-0.39, 0.29) is 0 Å². The molecule has 0 aliphatic heterocycles. The summed E-state index contributed by atoms with van der Waals surface area (Å²) in [6, 6.07) is 9.10. The SMILES string of the molecule is C=CCSCCNC(C)c1sc2ccccc2c1C. The van der Waals surface area contributed by atoms with Crippen LogP contribution in [-0.4, -0.2) is 18.1 Å². The van der Waals surface area contributed by atoms with E-state index in [2.05, 4.69) is 50.0 Å². The Balaban J connectivity index is 1.99. The Morgan fingerprint density at radius 1 is 1.42 bits per heavy atom. The highest BCUT2D eigenvalue weighted by Gasteiger charge is 2.13. The lowest BCUT2D eigenvalue weighted by atomic mass is 10.1. The number of benzene rings is 1. The fourth-order valence-corrected chi connectivity index (χ4v) is 4.05. The Bertz CT molecular complexity index is 545. The summed E-state index contributed by atoms with van der Waals surface area (Å²) in [5.41, 5.74) is 1.43. The summed E-state index contributed by atoms with van der Waals surface area (Å²) < 4.78 is 1.39. The number of hydrogen-bond acceptors (Lipinski definition) is 3. The fourth-order valence-electron chi connectivity index (χ4n) is 2.21. The van der Waals surface area contributed by atoms with Crippen molar-refractivity contribution in [3.63, 3.8) is 0 Å². The molecule has 1 unspecified atom stereocenters. The molecule has 0 spiro atoms. The second-order valence-corrected chi connectivity index (χ2v) is 6.86. The van der Waals surface area contributed by atoms with E-state index in [9.17, 15) is 0 Å². The van der Waals surface area contributed by atoms with Crippen molar-refractivity contribution >= 4 is 33.2 Å². The smallest absolute Gasteiger partial charge is 0.0389 e. The third-order valence-corrected chi connectivity index (χ3v) is 5.63. The summed E-state index contributed by atoms with van der Waals surface area (Å²) in [5.74, 6) is 2.18. The zero-order chi connectivity index (χ0) is 13.7. The Morgan fingerprint density at radius 3 is 2.95 bits per heavy atom. The molecule has 2 rings (SSSR count). The maximum absolute atomic E-state index is 3.74. The Labute approximate surface area is 124 Å². The predicted octanol–water partition coefficient (Wildman–Crippen LogP) is 4.78. The van der Waals surface area contributed by atoms with Crippen LogP contribution in [0.4, 0.5) is 0 Å². The van der Waals surface area contributed by atoms with E-state index in [1.165, 1.54) is 20.5 Å². The van der Waals surface area contributed by atoms with E-state index in [0.717, 1.165) is 18.1 Å². The molecule has 102 valence electrons. The van der Waals surface area contributed by atoms with Gasteiger partial charge in [-0.3, -0.25) is 0 Å². The molecule has 2 aromatic rings. The van der Waals surface area contributed by atoms with E-state index in [4.69, 9.17) is 0 Å². The lowest BCUT2D eigenvalue weighted by molar-refractivity contribution is 0.608. The molecule has 1 aromatic carbocycles. The molecule has 1 nitrogen and oxygen atoms in total. The van der Waals surface area contributed by atoms with Crippen LogP contribution in [0, 0.1) is 6.92 Å². The first-order valence-corrected chi connectivity index (χ1v) is 8.61. The van der Waals surface area contributed by atoms with Crippen LogP contribution in [-0.2, 0) is 0 Å². The number of thioether (sulfide) groups is 1. The minimum Gasteiger partial charge on any atom is -0.309 e. The molecule has 0 fully saturated rings. The monoisotopic (exact) mass is 291 g/mol. The minimum atomic E-state index is 0.432. The van der Waals surface area contributed by atoms with Gasteiger partial charge in [0.15, 0.2) is 0 Å². The van der Waals surface area contributed by atoms with Gasteiger partial charge in [0.2, 0.25) is 0 Å². The Kier molecular flexibility index (Phi) is 5.49. The highest BCUT2D eigenvalue weighted by Crippen LogP contribution is 2.34. The number of thiophene rings is 1. The fraction of sp³-hybridized carbons (Fsp3) is 0.375. The highest BCUT2D eigenvalue weighted by atomic mass is 32.2. The van der Waals surface area contributed by atoms with Crippen molar-refractivity contribution in [2.45, 2.75) is 19.9 Å². The molecule has 0 saturated carbocycles. The summed E-state index contributed by atoms with van der Waals surface area (Å²) >= 11 is 3.84. The van der Waals surface area contributed by atoms with Crippen LogP contribution in [0.25, 0.3) is 10.1 Å². The molecule has 0 radical (unpaired) electrons. The highest BCUT2D eigenvalue weighted by molar-refractivity contribution is 7.99. The van der Waals surface area contributed by atoms with Crippen molar-refractivity contribution in [1.29, 1.82) is 0 Å². The van der Waals surface area contributed by atoms with Gasteiger partial charge in [0, 0.05) is 33.7 Å². The largest absolute Gasteiger partial charge is 0.309 e. The number of aryl methyl sites for hydroxylation is 1. The van der Waals surface area contributed by atoms with Crippen LogP contribution in [0.2, 0.25) is 0 Å². The average molecular weight is 291 g/mol. The molecule has 0 aliphatic rings. The molecule has 3 heteroatoms. The van der Waals surface area contributed by atoms with Crippen LogP contribution >= 0.6 is 23.1 Å². The summed E-state index contributed by atoms with van der Waals surface area (Å²) in [5, 5.41) is 5.02. The van der Waals surface area contributed by atoms with Crippen LogP contribution in [0.15, 0.2) is 36.9 Å². The van der Waals surface area contributed by atoms with E-state index in [1.807, 2.05) is 29.2 Å². The molecule has 1 aromatic heterocycles. The average Bonchev–Trinajstić information content (AvgIpc) is 2.76. The van der Waals surface area contributed by atoms with Crippen molar-refractivity contribution in [1.82, 2.24) is 5.32 Å². The van der Waals surface area contributed by atoms with E-state index < -0.39 is 0 Å². The normalized spacial score (nSPS) is 12.7.